The Balaban J connectivity index is 1.60. The first-order chi connectivity index (χ1) is 14.3. The Kier molecular flexibility index (Phi) is 7.05. The molecule has 3 aromatic rings. The number of furan rings is 1. The molecule has 5 nitrogen and oxygen atoms in total. The fraction of sp³-hybridized carbons (Fsp3) is 0.0455. The molecule has 1 aromatic heterocycles. The van der Waals surface area contributed by atoms with Crippen molar-refractivity contribution in [2.45, 2.75) is 6.92 Å². The summed E-state index contributed by atoms with van der Waals surface area (Å²) in [5.74, 6) is 0.497. The van der Waals surface area contributed by atoms with Gasteiger partial charge in [0, 0.05) is 22.9 Å². The molecule has 2 N–H and O–H groups in total. The first-order valence-electron chi connectivity index (χ1n) is 8.79. The van der Waals surface area contributed by atoms with Crippen LogP contribution in [0.25, 0.3) is 17.4 Å². The van der Waals surface area contributed by atoms with E-state index in [9.17, 15) is 9.59 Å². The molecule has 1 amide bonds. The van der Waals surface area contributed by atoms with Crippen LogP contribution in [0, 0.1) is 0 Å². The minimum absolute atomic E-state index is 0.0617. The maximum atomic E-state index is 12.1. The molecule has 3 rings (SSSR count). The number of carbonyl (C=O) groups is 2. The lowest BCUT2D eigenvalue weighted by atomic mass is 10.1. The van der Waals surface area contributed by atoms with Gasteiger partial charge in [-0.1, -0.05) is 41.4 Å². The quantitative estimate of drug-likeness (QED) is 0.279. The van der Waals surface area contributed by atoms with E-state index >= 15 is 0 Å². The number of halogens is 2. The maximum Gasteiger partial charge on any atom is 0.250 e. The maximum absolute atomic E-state index is 12.1. The van der Waals surface area contributed by atoms with Crippen LogP contribution in [-0.4, -0.2) is 16.8 Å². The van der Waals surface area contributed by atoms with Crippen LogP contribution in [0.4, 0.5) is 5.69 Å². The van der Waals surface area contributed by atoms with Crippen molar-refractivity contribution in [1.29, 1.82) is 0 Å². The van der Waals surface area contributed by atoms with Gasteiger partial charge in [0.15, 0.2) is 10.9 Å². The van der Waals surface area contributed by atoms with Crippen molar-refractivity contribution >= 4 is 64.0 Å². The summed E-state index contributed by atoms with van der Waals surface area (Å²) in [7, 11) is 0. The average molecular weight is 459 g/mol. The molecule has 0 saturated heterocycles. The number of carbonyl (C=O) groups excluding carboxylic acids is 2. The lowest BCUT2D eigenvalue weighted by molar-refractivity contribution is -0.115. The van der Waals surface area contributed by atoms with Crippen molar-refractivity contribution in [3.05, 3.63) is 82.0 Å². The minimum Gasteiger partial charge on any atom is -0.457 e. The summed E-state index contributed by atoms with van der Waals surface area (Å²) >= 11 is 17.4. The zero-order chi connectivity index (χ0) is 21.7. The van der Waals surface area contributed by atoms with Crippen LogP contribution in [0.5, 0.6) is 0 Å². The number of hydrogen-bond donors (Lipinski definition) is 2. The second-order valence-corrected chi connectivity index (χ2v) is 7.41. The lowest BCUT2D eigenvalue weighted by Crippen LogP contribution is -2.32. The summed E-state index contributed by atoms with van der Waals surface area (Å²) in [5, 5.41) is 6.33. The van der Waals surface area contributed by atoms with Gasteiger partial charge in [-0.05, 0) is 61.6 Å². The number of ketones is 1. The van der Waals surface area contributed by atoms with Crippen molar-refractivity contribution in [3.63, 3.8) is 0 Å². The van der Waals surface area contributed by atoms with Crippen LogP contribution in [0.3, 0.4) is 0 Å². The van der Waals surface area contributed by atoms with E-state index in [-0.39, 0.29) is 10.9 Å². The standard InChI is InChI=1S/C22H16Cl2N2O3S/c1-13(27)14-4-2-5-15(12-14)25-22(30)26-20(28)11-9-16-8-10-19(29-16)17-6-3-7-18(23)21(17)24/h2-12H,1H3,(H2,25,26,28,30). The molecule has 1 heterocycles. The zero-order valence-electron chi connectivity index (χ0n) is 15.7. The number of amides is 1. The SMILES string of the molecule is CC(=O)c1cccc(NC(=S)NC(=O)C=Cc2ccc(-c3cccc(Cl)c3Cl)o2)c1. The molecule has 0 saturated carbocycles. The second-order valence-electron chi connectivity index (χ2n) is 6.22. The molecule has 2 aromatic carbocycles. The third-order valence-electron chi connectivity index (χ3n) is 4.01. The highest BCUT2D eigenvalue weighted by Gasteiger charge is 2.10. The fourth-order valence-corrected chi connectivity index (χ4v) is 3.18. The molecule has 0 spiro atoms. The molecule has 0 unspecified atom stereocenters. The first kappa shape index (κ1) is 21.8. The topological polar surface area (TPSA) is 71.3 Å². The molecule has 0 radical (unpaired) electrons. The molecular weight excluding hydrogens is 443 g/mol. The van der Waals surface area contributed by atoms with E-state index < -0.39 is 5.91 Å². The molecular formula is C22H16Cl2N2O3S. The highest BCUT2D eigenvalue weighted by atomic mass is 35.5. The van der Waals surface area contributed by atoms with Crippen LogP contribution in [-0.2, 0) is 4.79 Å². The molecule has 8 heteroatoms. The fourth-order valence-electron chi connectivity index (χ4n) is 2.57. The first-order valence-corrected chi connectivity index (χ1v) is 9.95. The zero-order valence-corrected chi connectivity index (χ0v) is 18.1. The lowest BCUT2D eigenvalue weighted by Gasteiger charge is -2.08. The highest BCUT2D eigenvalue weighted by molar-refractivity contribution is 7.80. The Labute approximate surface area is 188 Å². The van der Waals surface area contributed by atoms with E-state index in [1.54, 1.807) is 54.6 Å². The van der Waals surface area contributed by atoms with Crippen LogP contribution in [0.15, 0.2) is 65.1 Å². The number of rotatable bonds is 5. The van der Waals surface area contributed by atoms with Gasteiger partial charge in [0.05, 0.1) is 10.0 Å². The number of anilines is 1. The molecule has 0 atom stereocenters. The summed E-state index contributed by atoms with van der Waals surface area (Å²) in [6.45, 7) is 1.48. The Morgan fingerprint density at radius 1 is 1.07 bits per heavy atom. The molecule has 0 aliphatic heterocycles. The predicted molar refractivity (Wildman–Crippen MR) is 124 cm³/mol. The van der Waals surface area contributed by atoms with Gasteiger partial charge < -0.3 is 9.73 Å². The molecule has 30 heavy (non-hydrogen) atoms. The van der Waals surface area contributed by atoms with Crippen molar-refractivity contribution < 1.29 is 14.0 Å². The Morgan fingerprint density at radius 2 is 1.83 bits per heavy atom. The molecule has 0 fully saturated rings. The van der Waals surface area contributed by atoms with Crippen LogP contribution in [0.1, 0.15) is 23.0 Å². The summed E-state index contributed by atoms with van der Waals surface area (Å²) in [5.41, 5.74) is 1.81. The normalized spacial score (nSPS) is 10.8. The second kappa shape index (κ2) is 9.71. The molecule has 0 aliphatic rings. The van der Waals surface area contributed by atoms with Gasteiger partial charge in [-0.25, -0.2) is 0 Å². The minimum atomic E-state index is -0.436. The van der Waals surface area contributed by atoms with Gasteiger partial charge in [-0.3, -0.25) is 14.9 Å². The van der Waals surface area contributed by atoms with E-state index in [1.165, 1.54) is 19.1 Å². The summed E-state index contributed by atoms with van der Waals surface area (Å²) < 4.78 is 5.70. The third-order valence-corrected chi connectivity index (χ3v) is 5.03. The summed E-state index contributed by atoms with van der Waals surface area (Å²) in [6, 6.07) is 15.5. The Morgan fingerprint density at radius 3 is 2.60 bits per heavy atom. The number of Topliss-reactive ketones (excluding diaryl/α,β-unsaturated/α-hetero) is 1. The van der Waals surface area contributed by atoms with Crippen LogP contribution in [0.2, 0.25) is 10.0 Å². The van der Waals surface area contributed by atoms with Gasteiger partial charge in [0.2, 0.25) is 5.91 Å². The predicted octanol–water partition coefficient (Wildman–Crippen LogP) is 5.98. The molecule has 0 aliphatic carbocycles. The van der Waals surface area contributed by atoms with Crippen LogP contribution < -0.4 is 10.6 Å². The van der Waals surface area contributed by atoms with Gasteiger partial charge >= 0.3 is 0 Å². The van der Waals surface area contributed by atoms with Crippen molar-refractivity contribution in [2.24, 2.45) is 0 Å². The van der Waals surface area contributed by atoms with Gasteiger partial charge in [0.1, 0.15) is 11.5 Å². The van der Waals surface area contributed by atoms with Gasteiger partial charge in [0.25, 0.3) is 0 Å². The van der Waals surface area contributed by atoms with Crippen molar-refractivity contribution in [2.75, 3.05) is 5.32 Å². The van der Waals surface area contributed by atoms with E-state index in [2.05, 4.69) is 10.6 Å². The monoisotopic (exact) mass is 458 g/mol. The molecule has 0 bridgehead atoms. The van der Waals surface area contributed by atoms with E-state index in [0.717, 1.165) is 0 Å². The smallest absolute Gasteiger partial charge is 0.250 e. The largest absolute Gasteiger partial charge is 0.457 e. The highest BCUT2D eigenvalue weighted by Crippen LogP contribution is 2.34. The van der Waals surface area contributed by atoms with Crippen molar-refractivity contribution in [3.8, 4) is 11.3 Å². The molecule has 152 valence electrons. The summed E-state index contributed by atoms with van der Waals surface area (Å²) in [6.07, 6.45) is 2.80. The Bertz CT molecular complexity index is 1150. The van der Waals surface area contributed by atoms with Gasteiger partial charge in [-0.15, -0.1) is 0 Å². The summed E-state index contributed by atoms with van der Waals surface area (Å²) in [4.78, 5) is 23.6. The van der Waals surface area contributed by atoms with Crippen molar-refractivity contribution in [1.82, 2.24) is 5.32 Å². The van der Waals surface area contributed by atoms with E-state index in [4.69, 9.17) is 39.8 Å². The van der Waals surface area contributed by atoms with Crippen LogP contribution >= 0.6 is 35.4 Å². The van der Waals surface area contributed by atoms with E-state index in [0.29, 0.717) is 38.4 Å². The third kappa shape index (κ3) is 5.57. The van der Waals surface area contributed by atoms with Gasteiger partial charge in [-0.2, -0.15) is 0 Å². The number of nitrogens with one attached hydrogen (secondary N) is 2. The number of benzene rings is 2. The number of hydrogen-bond acceptors (Lipinski definition) is 4. The average Bonchev–Trinajstić information content (AvgIpc) is 3.17. The number of thiocarbonyl (C=S) groups is 1. The Hall–Kier alpha value is -2.93. The van der Waals surface area contributed by atoms with E-state index in [1.807, 2.05) is 0 Å².